The lowest BCUT2D eigenvalue weighted by atomic mass is 10.2. The van der Waals surface area contributed by atoms with E-state index in [9.17, 15) is 4.79 Å². The van der Waals surface area contributed by atoms with Gasteiger partial charge in [-0.05, 0) is 60.5 Å². The first-order chi connectivity index (χ1) is 18.1. The van der Waals surface area contributed by atoms with E-state index in [1.54, 1.807) is 19.4 Å². The molecule has 0 fully saturated rings. The third kappa shape index (κ3) is 7.12. The summed E-state index contributed by atoms with van der Waals surface area (Å²) in [5, 5.41) is 13.9. The second kappa shape index (κ2) is 12.9. The molecular weight excluding hydrogens is 510 g/mol. The van der Waals surface area contributed by atoms with Crippen molar-refractivity contribution in [3.8, 4) is 22.9 Å². The number of hydrazone groups is 1. The fraction of sp³-hybridized carbons (Fsp3) is 0.185. The largest absolute Gasteiger partial charge is 0.493 e. The first-order valence-corrected chi connectivity index (χ1v) is 12.9. The summed E-state index contributed by atoms with van der Waals surface area (Å²) in [7, 11) is 1.59. The quantitative estimate of drug-likeness (QED) is 0.156. The molecule has 0 bridgehead atoms. The number of aromatic nitrogens is 3. The Labute approximate surface area is 224 Å². The van der Waals surface area contributed by atoms with Crippen LogP contribution >= 0.6 is 23.4 Å². The molecule has 1 heterocycles. The van der Waals surface area contributed by atoms with Crippen molar-refractivity contribution < 1.29 is 14.3 Å². The monoisotopic (exact) mass is 535 g/mol. The Morgan fingerprint density at radius 2 is 1.86 bits per heavy atom. The molecule has 190 valence electrons. The molecule has 4 rings (SSSR count). The summed E-state index contributed by atoms with van der Waals surface area (Å²) >= 11 is 7.28. The Hall–Kier alpha value is -3.82. The van der Waals surface area contributed by atoms with E-state index in [2.05, 4.69) is 20.7 Å². The number of carbonyl (C=O) groups is 1. The van der Waals surface area contributed by atoms with Gasteiger partial charge in [-0.3, -0.25) is 4.79 Å². The molecule has 1 N–H and O–H groups in total. The highest BCUT2D eigenvalue weighted by molar-refractivity contribution is 7.99. The molecule has 0 spiro atoms. The predicted octanol–water partition coefficient (Wildman–Crippen LogP) is 5.45. The third-order valence-electron chi connectivity index (χ3n) is 5.30. The summed E-state index contributed by atoms with van der Waals surface area (Å²) in [5.41, 5.74) is 5.27. The van der Waals surface area contributed by atoms with E-state index >= 15 is 0 Å². The zero-order valence-electron chi connectivity index (χ0n) is 20.4. The number of amides is 1. The van der Waals surface area contributed by atoms with Gasteiger partial charge in [-0.1, -0.05) is 53.7 Å². The molecular formula is C27H26ClN5O3S. The van der Waals surface area contributed by atoms with Gasteiger partial charge in [0.25, 0.3) is 5.91 Å². The normalized spacial score (nSPS) is 11.0. The van der Waals surface area contributed by atoms with Crippen molar-refractivity contribution in [2.45, 2.75) is 25.2 Å². The zero-order valence-corrected chi connectivity index (χ0v) is 22.0. The number of hydrogen-bond acceptors (Lipinski definition) is 7. The topological polar surface area (TPSA) is 90.6 Å². The molecule has 0 aliphatic rings. The summed E-state index contributed by atoms with van der Waals surface area (Å²) in [6.45, 7) is 3.08. The van der Waals surface area contributed by atoms with Gasteiger partial charge in [-0.25, -0.2) is 5.43 Å². The van der Waals surface area contributed by atoms with Gasteiger partial charge < -0.3 is 14.0 Å². The van der Waals surface area contributed by atoms with E-state index in [1.807, 2.05) is 78.2 Å². The summed E-state index contributed by atoms with van der Waals surface area (Å²) in [6, 6.07) is 22.7. The summed E-state index contributed by atoms with van der Waals surface area (Å²) in [5.74, 6) is 1.82. The molecule has 10 heteroatoms. The van der Waals surface area contributed by atoms with Gasteiger partial charge >= 0.3 is 0 Å². The molecule has 8 nitrogen and oxygen atoms in total. The van der Waals surface area contributed by atoms with Gasteiger partial charge in [0.1, 0.15) is 6.61 Å². The maximum absolute atomic E-state index is 12.4. The number of methoxy groups -OCH3 is 1. The smallest absolute Gasteiger partial charge is 0.250 e. The van der Waals surface area contributed by atoms with Crippen LogP contribution in [0.15, 0.2) is 83.1 Å². The Balaban J connectivity index is 1.33. The molecule has 0 saturated carbocycles. The average Bonchev–Trinajstić information content (AvgIpc) is 3.34. The number of halogens is 1. The number of carbonyl (C=O) groups excluding carboxylic acids is 1. The second-order valence-corrected chi connectivity index (χ2v) is 9.20. The zero-order chi connectivity index (χ0) is 26.0. The van der Waals surface area contributed by atoms with E-state index in [1.165, 1.54) is 11.8 Å². The lowest BCUT2D eigenvalue weighted by molar-refractivity contribution is -0.118. The van der Waals surface area contributed by atoms with Crippen LogP contribution in [0.5, 0.6) is 11.5 Å². The van der Waals surface area contributed by atoms with Crippen LogP contribution in [0.4, 0.5) is 0 Å². The Bertz CT molecular complexity index is 1360. The Morgan fingerprint density at radius 3 is 2.59 bits per heavy atom. The molecule has 0 aliphatic heterocycles. The summed E-state index contributed by atoms with van der Waals surface area (Å²) in [6.07, 6.45) is 1.56. The van der Waals surface area contributed by atoms with E-state index in [4.69, 9.17) is 21.1 Å². The van der Waals surface area contributed by atoms with Crippen LogP contribution in [0.3, 0.4) is 0 Å². The first-order valence-electron chi connectivity index (χ1n) is 11.6. The molecule has 1 aromatic heterocycles. The van der Waals surface area contributed by atoms with Crippen molar-refractivity contribution in [2.24, 2.45) is 5.10 Å². The fourth-order valence-electron chi connectivity index (χ4n) is 3.46. The number of benzene rings is 3. The summed E-state index contributed by atoms with van der Waals surface area (Å²) < 4.78 is 13.3. The van der Waals surface area contributed by atoms with Crippen LogP contribution in [0.1, 0.15) is 18.1 Å². The van der Waals surface area contributed by atoms with Crippen molar-refractivity contribution in [3.05, 3.63) is 88.9 Å². The van der Waals surface area contributed by atoms with Crippen LogP contribution in [0.25, 0.3) is 11.4 Å². The van der Waals surface area contributed by atoms with Crippen LogP contribution in [-0.2, 0) is 17.9 Å². The van der Waals surface area contributed by atoms with Crippen LogP contribution < -0.4 is 14.9 Å². The van der Waals surface area contributed by atoms with Gasteiger partial charge in [-0.2, -0.15) is 5.10 Å². The first kappa shape index (κ1) is 26.2. The van der Waals surface area contributed by atoms with E-state index in [0.717, 1.165) is 22.5 Å². The lowest BCUT2D eigenvalue weighted by Crippen LogP contribution is -2.20. The van der Waals surface area contributed by atoms with Crippen molar-refractivity contribution in [3.63, 3.8) is 0 Å². The highest BCUT2D eigenvalue weighted by atomic mass is 35.5. The number of nitrogens with zero attached hydrogens (tertiary/aromatic N) is 4. The molecule has 3 aromatic carbocycles. The van der Waals surface area contributed by atoms with Gasteiger partial charge in [0, 0.05) is 17.1 Å². The summed E-state index contributed by atoms with van der Waals surface area (Å²) in [4.78, 5) is 12.4. The van der Waals surface area contributed by atoms with Gasteiger partial charge in [0.2, 0.25) is 0 Å². The van der Waals surface area contributed by atoms with Gasteiger partial charge in [-0.15, -0.1) is 10.2 Å². The minimum absolute atomic E-state index is 0.143. The standard InChI is InChI=1S/C27H26ClN5O3S/c1-3-33-26(21-10-12-22(28)13-11-21)31-32-27(33)37-18-25(34)30-29-16-20-9-14-23(35-2)24(15-20)36-17-19-7-5-4-6-8-19/h4-16H,3,17-18H2,1-2H3,(H,30,34). The number of ether oxygens (including phenoxy) is 2. The molecule has 0 radical (unpaired) electrons. The molecule has 37 heavy (non-hydrogen) atoms. The van der Waals surface area contributed by atoms with Crippen molar-refractivity contribution in [2.75, 3.05) is 12.9 Å². The predicted molar refractivity (Wildman–Crippen MR) is 146 cm³/mol. The van der Waals surface area contributed by atoms with E-state index in [0.29, 0.717) is 34.8 Å². The Morgan fingerprint density at radius 1 is 1.08 bits per heavy atom. The molecule has 0 unspecified atom stereocenters. The van der Waals surface area contributed by atoms with Crippen LogP contribution in [-0.4, -0.2) is 39.7 Å². The van der Waals surface area contributed by atoms with Crippen LogP contribution in [0.2, 0.25) is 5.02 Å². The maximum atomic E-state index is 12.4. The number of nitrogens with one attached hydrogen (secondary N) is 1. The fourth-order valence-corrected chi connectivity index (χ4v) is 4.38. The molecule has 0 aliphatic carbocycles. The van der Waals surface area contributed by atoms with E-state index < -0.39 is 0 Å². The number of thioether (sulfide) groups is 1. The highest BCUT2D eigenvalue weighted by Gasteiger charge is 2.14. The maximum Gasteiger partial charge on any atom is 0.250 e. The second-order valence-electron chi connectivity index (χ2n) is 7.82. The molecule has 0 atom stereocenters. The van der Waals surface area contributed by atoms with E-state index in [-0.39, 0.29) is 11.7 Å². The van der Waals surface area contributed by atoms with Gasteiger partial charge in [0.15, 0.2) is 22.5 Å². The number of hydrogen-bond donors (Lipinski definition) is 1. The molecule has 0 saturated heterocycles. The highest BCUT2D eigenvalue weighted by Crippen LogP contribution is 2.28. The molecule has 4 aromatic rings. The lowest BCUT2D eigenvalue weighted by Gasteiger charge is -2.11. The van der Waals surface area contributed by atoms with Crippen molar-refractivity contribution >= 4 is 35.5 Å². The van der Waals surface area contributed by atoms with Crippen LogP contribution in [0, 0.1) is 0 Å². The van der Waals surface area contributed by atoms with Gasteiger partial charge in [0.05, 0.1) is 19.1 Å². The average molecular weight is 536 g/mol. The van der Waals surface area contributed by atoms with Crippen molar-refractivity contribution in [1.29, 1.82) is 0 Å². The minimum Gasteiger partial charge on any atom is -0.493 e. The molecule has 1 amide bonds. The minimum atomic E-state index is -0.256. The van der Waals surface area contributed by atoms with Crippen molar-refractivity contribution in [1.82, 2.24) is 20.2 Å². The SMILES string of the molecule is CCn1c(SCC(=O)NN=Cc2ccc(OC)c(OCc3ccccc3)c2)nnc1-c1ccc(Cl)cc1. The third-order valence-corrected chi connectivity index (χ3v) is 6.51. The number of rotatable bonds is 11. The Kier molecular flexibility index (Phi) is 9.18.